The molecule has 4 heterocycles. The highest BCUT2D eigenvalue weighted by molar-refractivity contribution is 6.35. The molecule has 0 radical (unpaired) electrons. The summed E-state index contributed by atoms with van der Waals surface area (Å²) in [5, 5.41) is 21.2. The van der Waals surface area contributed by atoms with E-state index in [2.05, 4.69) is 117 Å². The molecule has 274 valence electrons. The zero-order valence-electron chi connectivity index (χ0n) is 31.7. The lowest BCUT2D eigenvalue weighted by atomic mass is 9.88. The first kappa shape index (κ1) is 32.4. The first-order chi connectivity index (χ1) is 29.8. The van der Waals surface area contributed by atoms with Crippen molar-refractivity contribution in [1.29, 1.82) is 5.26 Å². The number of nitriles is 1. The van der Waals surface area contributed by atoms with E-state index in [9.17, 15) is 5.26 Å². The van der Waals surface area contributed by atoms with Crippen molar-refractivity contribution >= 4 is 92.8 Å². The number of benzene rings is 9. The number of pyridine rings is 1. The fourth-order valence-electron chi connectivity index (χ4n) is 10.2. The SMILES string of the molecule is [C-]#[N+]c1c(-c2ccccc2)c(C#N)c(-n2c3cccc4c5nccnc5c5cccc2c5c43)c(-c2ccccc2)c1-n1c2cccc3c4ccccc4c4nccc1c4c32. The Labute approximate surface area is 341 Å². The van der Waals surface area contributed by atoms with Crippen LogP contribution in [0.2, 0.25) is 0 Å². The predicted molar refractivity (Wildman–Crippen MR) is 243 cm³/mol. The van der Waals surface area contributed by atoms with Crippen molar-refractivity contribution in [3.05, 3.63) is 181 Å². The summed E-state index contributed by atoms with van der Waals surface area (Å²) >= 11 is 0. The Morgan fingerprint density at radius 2 is 0.917 bits per heavy atom. The summed E-state index contributed by atoms with van der Waals surface area (Å²) in [6.07, 6.45) is 5.37. The van der Waals surface area contributed by atoms with Crippen molar-refractivity contribution in [3.8, 4) is 39.7 Å². The monoisotopic (exact) mass is 761 g/mol. The maximum Gasteiger partial charge on any atom is 0.220 e. The zero-order chi connectivity index (χ0) is 39.6. The highest BCUT2D eigenvalue weighted by atomic mass is 15.0. The molecule has 0 atom stereocenters. The maximum atomic E-state index is 11.7. The highest BCUT2D eigenvalue weighted by Gasteiger charge is 2.33. The van der Waals surface area contributed by atoms with Gasteiger partial charge in [0, 0.05) is 67.4 Å². The molecule has 7 nitrogen and oxygen atoms in total. The quantitative estimate of drug-likeness (QED) is 0.132. The third-order valence-electron chi connectivity index (χ3n) is 12.4. The second-order valence-corrected chi connectivity index (χ2v) is 15.2. The molecule has 0 spiro atoms. The third kappa shape index (κ3) is 4.02. The van der Waals surface area contributed by atoms with Crippen molar-refractivity contribution in [2.45, 2.75) is 0 Å². The molecule has 0 unspecified atom stereocenters. The first-order valence-electron chi connectivity index (χ1n) is 19.8. The Hall–Kier alpha value is -8.65. The van der Waals surface area contributed by atoms with Crippen LogP contribution in [0.4, 0.5) is 5.69 Å². The van der Waals surface area contributed by atoms with E-state index in [1.807, 2.05) is 54.7 Å². The van der Waals surface area contributed by atoms with Crippen LogP contribution in [0.15, 0.2) is 164 Å². The van der Waals surface area contributed by atoms with E-state index < -0.39 is 0 Å². The first-order valence-corrected chi connectivity index (χ1v) is 19.8. The Kier molecular flexibility index (Phi) is 6.45. The van der Waals surface area contributed by atoms with Crippen LogP contribution in [0, 0.1) is 17.9 Å². The Balaban J connectivity index is 1.33. The normalized spacial score (nSPS) is 12.0. The molecular weight excluding hydrogens is 735 g/mol. The van der Waals surface area contributed by atoms with E-state index in [0.29, 0.717) is 28.2 Å². The molecule has 4 aromatic heterocycles. The molecule has 9 aromatic carbocycles. The summed E-state index contributed by atoms with van der Waals surface area (Å²) in [7, 11) is 0. The Morgan fingerprint density at radius 1 is 0.433 bits per heavy atom. The molecule has 0 saturated heterocycles. The molecule has 0 N–H and O–H groups in total. The smallest absolute Gasteiger partial charge is 0.220 e. The third-order valence-corrected chi connectivity index (χ3v) is 12.4. The van der Waals surface area contributed by atoms with Gasteiger partial charge in [-0.15, -0.1) is 0 Å². The largest absolute Gasteiger partial charge is 0.318 e. The van der Waals surface area contributed by atoms with Crippen molar-refractivity contribution < 1.29 is 0 Å². The lowest BCUT2D eigenvalue weighted by Gasteiger charge is -2.25. The van der Waals surface area contributed by atoms with E-state index in [0.717, 1.165) is 104 Å². The molecule has 0 bridgehead atoms. The fraction of sp³-hybridized carbons (Fsp3) is 0. The lowest BCUT2D eigenvalue weighted by molar-refractivity contribution is 1.13. The number of hydrogen-bond acceptors (Lipinski definition) is 4. The van der Waals surface area contributed by atoms with Gasteiger partial charge in [0.15, 0.2) is 0 Å². The summed E-state index contributed by atoms with van der Waals surface area (Å²) < 4.78 is 4.53. The van der Waals surface area contributed by atoms with Gasteiger partial charge in [-0.05, 0) is 46.2 Å². The van der Waals surface area contributed by atoms with Crippen molar-refractivity contribution in [3.63, 3.8) is 0 Å². The van der Waals surface area contributed by atoms with Gasteiger partial charge in [-0.2, -0.15) is 5.26 Å². The molecule has 13 rings (SSSR count). The number of aromatic nitrogens is 5. The molecular formula is C53H27N7. The average molecular weight is 762 g/mol. The standard InChI is InChI=1S/C53H27N7/c1-55-51-42(30-13-4-2-5-14-30)37(29-54)52(59-39-23-11-20-35-45(39)46-36(21-12-24-40(46)59)50-49(35)57-27-28-58-50)43(31-15-6-3-7-16-31)53(51)60-38-22-10-19-33-32-17-8-9-18-34(32)48-47(44(33)38)41(60)25-26-56-48/h2-28H. The van der Waals surface area contributed by atoms with Gasteiger partial charge in [0.2, 0.25) is 5.69 Å². The Morgan fingerprint density at radius 3 is 1.52 bits per heavy atom. The molecule has 13 aromatic rings. The second-order valence-electron chi connectivity index (χ2n) is 15.2. The van der Waals surface area contributed by atoms with Gasteiger partial charge < -0.3 is 9.13 Å². The highest BCUT2D eigenvalue weighted by Crippen LogP contribution is 2.54. The van der Waals surface area contributed by atoms with Crippen LogP contribution in [0.1, 0.15) is 5.56 Å². The van der Waals surface area contributed by atoms with Gasteiger partial charge in [0.25, 0.3) is 0 Å². The van der Waals surface area contributed by atoms with Crippen LogP contribution in [0.3, 0.4) is 0 Å². The summed E-state index contributed by atoms with van der Waals surface area (Å²) in [4.78, 5) is 19.2. The molecule has 0 saturated carbocycles. The minimum Gasteiger partial charge on any atom is -0.318 e. The van der Waals surface area contributed by atoms with Crippen LogP contribution >= 0.6 is 0 Å². The van der Waals surface area contributed by atoms with Gasteiger partial charge in [0.1, 0.15) is 6.07 Å². The summed E-state index contributed by atoms with van der Waals surface area (Å²) in [6.45, 7) is 9.14. The molecule has 0 aliphatic heterocycles. The number of hydrogen-bond donors (Lipinski definition) is 0. The number of rotatable bonds is 4. The minimum atomic E-state index is 0.395. The van der Waals surface area contributed by atoms with Crippen LogP contribution in [0.5, 0.6) is 0 Å². The summed E-state index contributed by atoms with van der Waals surface area (Å²) in [5.41, 5.74) is 11.6. The van der Waals surface area contributed by atoms with Crippen LogP contribution in [0.25, 0.3) is 126 Å². The molecule has 0 amide bonds. The predicted octanol–water partition coefficient (Wildman–Crippen LogP) is 13.3. The van der Waals surface area contributed by atoms with Gasteiger partial charge in [0.05, 0.1) is 62.1 Å². The van der Waals surface area contributed by atoms with E-state index in [1.165, 1.54) is 0 Å². The number of nitrogens with zero attached hydrogens (tertiary/aromatic N) is 7. The Bertz CT molecular complexity index is 3620. The van der Waals surface area contributed by atoms with Gasteiger partial charge in [-0.3, -0.25) is 15.0 Å². The van der Waals surface area contributed by atoms with Gasteiger partial charge >= 0.3 is 0 Å². The molecule has 0 fully saturated rings. The average Bonchev–Trinajstić information content (AvgIpc) is 3.84. The summed E-state index contributed by atoms with van der Waals surface area (Å²) in [5.74, 6) is 0. The van der Waals surface area contributed by atoms with E-state index >= 15 is 0 Å². The fourth-order valence-corrected chi connectivity index (χ4v) is 10.2. The lowest BCUT2D eigenvalue weighted by Crippen LogP contribution is -2.08. The molecule has 0 aliphatic carbocycles. The maximum absolute atomic E-state index is 11.7. The minimum absolute atomic E-state index is 0.395. The number of fused-ring (bicyclic) bond motifs is 6. The van der Waals surface area contributed by atoms with Crippen molar-refractivity contribution in [1.82, 2.24) is 24.1 Å². The van der Waals surface area contributed by atoms with Crippen LogP contribution in [-0.2, 0) is 0 Å². The summed E-state index contributed by atoms with van der Waals surface area (Å²) in [6, 6.07) is 52.4. The van der Waals surface area contributed by atoms with Crippen LogP contribution < -0.4 is 0 Å². The van der Waals surface area contributed by atoms with E-state index in [-0.39, 0.29) is 0 Å². The molecule has 60 heavy (non-hydrogen) atoms. The molecule has 7 heteroatoms. The van der Waals surface area contributed by atoms with Gasteiger partial charge in [-0.1, -0.05) is 121 Å². The van der Waals surface area contributed by atoms with E-state index in [1.54, 1.807) is 12.4 Å². The van der Waals surface area contributed by atoms with E-state index in [4.69, 9.17) is 21.5 Å². The van der Waals surface area contributed by atoms with Crippen LogP contribution in [-0.4, -0.2) is 24.1 Å². The zero-order valence-corrected chi connectivity index (χ0v) is 31.7. The van der Waals surface area contributed by atoms with Gasteiger partial charge in [-0.25, -0.2) is 4.85 Å². The van der Waals surface area contributed by atoms with Crippen molar-refractivity contribution in [2.24, 2.45) is 0 Å². The second kappa shape index (κ2) is 11.9. The van der Waals surface area contributed by atoms with Crippen molar-refractivity contribution in [2.75, 3.05) is 0 Å². The molecule has 0 aliphatic rings. The topological polar surface area (TPSA) is 76.7 Å².